The number of ether oxygens (including phenoxy) is 1. The molecule has 0 bridgehead atoms. The molecule has 8 nitrogen and oxygen atoms in total. The minimum atomic E-state index is -0.403. The molecule has 312 valence electrons. The molecule has 1 N–H and O–H groups in total. The van der Waals surface area contributed by atoms with Gasteiger partial charge in [-0.15, -0.1) is 0 Å². The van der Waals surface area contributed by atoms with Gasteiger partial charge in [-0.2, -0.15) is 0 Å². The fraction of sp³-hybridized carbons (Fsp3) is 0.851. The third-order valence-electron chi connectivity index (χ3n) is 15.5. The summed E-state index contributed by atoms with van der Waals surface area (Å²) in [6.45, 7) is 14.7. The van der Waals surface area contributed by atoms with E-state index in [0.29, 0.717) is 24.7 Å². The van der Waals surface area contributed by atoms with Gasteiger partial charge in [0, 0.05) is 25.7 Å². The van der Waals surface area contributed by atoms with Crippen molar-refractivity contribution in [2.75, 3.05) is 0 Å². The van der Waals surface area contributed by atoms with E-state index in [2.05, 4.69) is 53.7 Å². The van der Waals surface area contributed by atoms with Crippen LogP contribution in [0.15, 0.2) is 36.0 Å². The molecule has 6 aliphatic rings. The highest BCUT2D eigenvalue weighted by atomic mass is 17.2. The topological polar surface area (TPSA) is 92.7 Å². The molecule has 2 heterocycles. The van der Waals surface area contributed by atoms with Crippen LogP contribution in [0.5, 0.6) is 0 Å². The summed E-state index contributed by atoms with van der Waals surface area (Å²) >= 11 is 0. The lowest BCUT2D eigenvalue weighted by atomic mass is 9.47. The number of fused-ring (bicyclic) bond motifs is 5. The average Bonchev–Trinajstić information content (AvgIpc) is 3.92. The quantitative estimate of drug-likeness (QED) is 0.0347. The summed E-state index contributed by atoms with van der Waals surface area (Å²) in [4.78, 5) is 39.7. The maximum Gasteiger partial charge on any atom is 0.306 e. The van der Waals surface area contributed by atoms with Crippen molar-refractivity contribution in [1.29, 1.82) is 0 Å². The van der Waals surface area contributed by atoms with E-state index < -0.39 is 6.10 Å². The summed E-state index contributed by atoms with van der Waals surface area (Å²) in [5.41, 5.74) is 2.38. The van der Waals surface area contributed by atoms with E-state index in [-0.39, 0.29) is 41.9 Å². The van der Waals surface area contributed by atoms with E-state index >= 15 is 0 Å². The first-order valence-electron chi connectivity index (χ1n) is 22.7. The Morgan fingerprint density at radius 1 is 0.909 bits per heavy atom. The molecule has 0 aromatic carbocycles. The molecule has 8 heteroatoms. The van der Waals surface area contributed by atoms with Gasteiger partial charge in [0.2, 0.25) is 0 Å². The lowest BCUT2D eigenvalue weighted by Crippen LogP contribution is -2.51. The number of hydrogen-bond donors (Lipinski definition) is 1. The van der Waals surface area contributed by atoms with Crippen molar-refractivity contribution < 1.29 is 39.2 Å². The van der Waals surface area contributed by atoms with E-state index in [4.69, 9.17) is 29.2 Å². The molecule has 4 aliphatic carbocycles. The summed E-state index contributed by atoms with van der Waals surface area (Å²) in [6.07, 6.45) is 30.6. The molecule has 6 rings (SSSR count). The monoisotopic (exact) mass is 769 g/mol. The number of allylic oxidation sites excluding steroid dienone is 4. The maximum atomic E-state index is 12.9. The SMILES string of the molecule is CCCCCC(OO)C1CC(C2CC(/C=C/C=C\CCCC(=O)O[C@H]3CC[C@@]4(C)C(=CC[C@H]5[C@@H]6CC[C@H]([C@H](C)CCCC(C)C)[C@@]6(C)CC[C@@H]54)C3)OO2)OO1. The zero-order valence-corrected chi connectivity index (χ0v) is 35.3. The minimum Gasteiger partial charge on any atom is -0.462 e. The third-order valence-corrected chi connectivity index (χ3v) is 15.5. The van der Waals surface area contributed by atoms with Gasteiger partial charge in [-0.05, 0) is 111 Å². The van der Waals surface area contributed by atoms with Crippen molar-refractivity contribution in [3.8, 4) is 0 Å². The van der Waals surface area contributed by atoms with Crippen LogP contribution in [0, 0.1) is 46.3 Å². The molecular weight excluding hydrogens is 693 g/mol. The summed E-state index contributed by atoms with van der Waals surface area (Å²) in [7, 11) is 0. The van der Waals surface area contributed by atoms with Gasteiger partial charge in [-0.25, -0.2) is 24.4 Å². The van der Waals surface area contributed by atoms with E-state index in [1.807, 2.05) is 18.2 Å². The van der Waals surface area contributed by atoms with Crippen molar-refractivity contribution >= 4 is 5.97 Å². The molecule has 13 atom stereocenters. The number of carbonyl (C=O) groups excluding carboxylic acids is 1. The molecule has 2 saturated heterocycles. The normalized spacial score (nSPS) is 38.6. The Morgan fingerprint density at radius 3 is 2.53 bits per heavy atom. The highest BCUT2D eigenvalue weighted by Gasteiger charge is 2.59. The standard InChI is InChI=1S/C47H76O8/c1-7-8-12-19-41(51-49)43-31-44(55-54-43)42-30-36(52-53-42)18-13-10-9-11-14-20-45(48)50-35-25-27-46(5)34(29-35)21-22-37-39-24-23-38(33(4)17-15-16-32(2)3)47(39,6)28-26-40(37)46/h9-10,13,18,21,32-33,35-44,49H,7-8,11-12,14-17,19-20,22-31H2,1-6H3/b10-9-,18-13+/t33-,35+,36?,37+,38-,39+,40+,41?,42?,43?,44?,46+,47-/m1/s1. The van der Waals surface area contributed by atoms with Crippen molar-refractivity contribution in [3.05, 3.63) is 36.0 Å². The second-order valence-corrected chi connectivity index (χ2v) is 19.5. The fourth-order valence-corrected chi connectivity index (χ4v) is 12.3. The number of hydrogen-bond acceptors (Lipinski definition) is 8. The van der Waals surface area contributed by atoms with Crippen LogP contribution in [0.4, 0.5) is 0 Å². The molecule has 2 aliphatic heterocycles. The molecule has 0 spiro atoms. The minimum absolute atomic E-state index is 0.0260. The number of rotatable bonds is 19. The smallest absolute Gasteiger partial charge is 0.306 e. The number of unbranched alkanes of at least 4 members (excludes halogenated alkanes) is 3. The predicted molar refractivity (Wildman–Crippen MR) is 215 cm³/mol. The van der Waals surface area contributed by atoms with Crippen molar-refractivity contribution in [2.45, 2.75) is 207 Å². The number of carbonyl (C=O) groups is 1. The van der Waals surface area contributed by atoms with Gasteiger partial charge in [0.05, 0.1) is 0 Å². The van der Waals surface area contributed by atoms with Crippen LogP contribution in [0.25, 0.3) is 0 Å². The Kier molecular flexibility index (Phi) is 15.6. The Labute approximate surface area is 333 Å². The highest BCUT2D eigenvalue weighted by molar-refractivity contribution is 5.69. The van der Waals surface area contributed by atoms with Gasteiger partial charge in [0.15, 0.2) is 0 Å². The van der Waals surface area contributed by atoms with Crippen molar-refractivity contribution in [2.24, 2.45) is 46.3 Å². The van der Waals surface area contributed by atoms with Crippen LogP contribution in [-0.2, 0) is 34.0 Å². The van der Waals surface area contributed by atoms with Crippen LogP contribution < -0.4 is 0 Å². The van der Waals surface area contributed by atoms with Crippen LogP contribution in [0.1, 0.15) is 170 Å². The van der Waals surface area contributed by atoms with E-state index in [1.54, 1.807) is 5.57 Å². The second-order valence-electron chi connectivity index (χ2n) is 19.5. The molecule has 55 heavy (non-hydrogen) atoms. The maximum absolute atomic E-state index is 12.9. The van der Waals surface area contributed by atoms with Gasteiger partial charge in [-0.1, -0.05) is 116 Å². The summed E-state index contributed by atoms with van der Waals surface area (Å²) in [6, 6.07) is 0. The highest BCUT2D eigenvalue weighted by Crippen LogP contribution is 2.67. The Morgan fingerprint density at radius 2 is 1.73 bits per heavy atom. The molecule has 5 fully saturated rings. The molecule has 0 radical (unpaired) electrons. The second kappa shape index (κ2) is 19.9. The first-order valence-corrected chi connectivity index (χ1v) is 22.7. The van der Waals surface area contributed by atoms with Crippen molar-refractivity contribution in [3.63, 3.8) is 0 Å². The molecule has 0 amide bonds. The van der Waals surface area contributed by atoms with Crippen LogP contribution in [0.2, 0.25) is 0 Å². The first kappa shape index (κ1) is 43.0. The Bertz CT molecular complexity index is 1310. The van der Waals surface area contributed by atoms with E-state index in [0.717, 1.165) is 93.3 Å². The van der Waals surface area contributed by atoms with E-state index in [1.165, 1.54) is 51.4 Å². The average molecular weight is 769 g/mol. The largest absolute Gasteiger partial charge is 0.462 e. The van der Waals surface area contributed by atoms with Gasteiger partial charge in [0.1, 0.15) is 36.6 Å². The molecule has 5 unspecified atom stereocenters. The molecule has 3 saturated carbocycles. The number of esters is 1. The molecule has 0 aromatic rings. The predicted octanol–water partition coefficient (Wildman–Crippen LogP) is 11.8. The van der Waals surface area contributed by atoms with Gasteiger partial charge in [0.25, 0.3) is 0 Å². The Balaban J connectivity index is 0.876. The molecule has 0 aromatic heterocycles. The lowest BCUT2D eigenvalue weighted by Gasteiger charge is -2.58. The van der Waals surface area contributed by atoms with Gasteiger partial charge >= 0.3 is 5.97 Å². The van der Waals surface area contributed by atoms with Crippen LogP contribution in [0.3, 0.4) is 0 Å². The fourth-order valence-electron chi connectivity index (χ4n) is 12.3. The van der Waals surface area contributed by atoms with Crippen LogP contribution in [-0.4, -0.2) is 47.9 Å². The third kappa shape index (κ3) is 10.4. The summed E-state index contributed by atoms with van der Waals surface area (Å²) in [5.74, 6) is 5.00. The Hall–Kier alpha value is -1.55. The lowest BCUT2D eigenvalue weighted by molar-refractivity contribution is -0.367. The zero-order chi connectivity index (χ0) is 39.0. The summed E-state index contributed by atoms with van der Waals surface area (Å²) in [5, 5.41) is 9.35. The zero-order valence-electron chi connectivity index (χ0n) is 35.3. The van der Waals surface area contributed by atoms with Crippen molar-refractivity contribution in [1.82, 2.24) is 0 Å². The van der Waals surface area contributed by atoms with E-state index in [9.17, 15) is 10.1 Å². The van der Waals surface area contributed by atoms with Crippen LogP contribution >= 0.6 is 0 Å². The first-order chi connectivity index (χ1) is 26.6. The van der Waals surface area contributed by atoms with Gasteiger partial charge in [-0.3, -0.25) is 10.1 Å². The van der Waals surface area contributed by atoms with Gasteiger partial charge < -0.3 is 4.74 Å². The summed E-state index contributed by atoms with van der Waals surface area (Å²) < 4.78 is 6.10. The molecular formula is C47H76O8.